The molecule has 2 aromatic heterocycles. The van der Waals surface area contributed by atoms with Gasteiger partial charge in [0.2, 0.25) is 0 Å². The molecule has 1 N–H and O–H groups in total. The van der Waals surface area contributed by atoms with Gasteiger partial charge < -0.3 is 5.32 Å². The van der Waals surface area contributed by atoms with Crippen LogP contribution in [0.15, 0.2) is 36.4 Å². The summed E-state index contributed by atoms with van der Waals surface area (Å²) in [5, 5.41) is 13.6. The number of aryl methyl sites for hydroxylation is 1. The van der Waals surface area contributed by atoms with Gasteiger partial charge in [-0.2, -0.15) is 0 Å². The van der Waals surface area contributed by atoms with Crippen LogP contribution in [0.1, 0.15) is 29.2 Å². The number of nitrogens with one attached hydrogen (secondary N) is 1. The highest BCUT2D eigenvalue weighted by Gasteiger charge is 2.21. The molecule has 3 heterocycles. The van der Waals surface area contributed by atoms with E-state index in [1.54, 1.807) is 0 Å². The number of piperidine rings is 1. The number of hydrogen-bond donors (Lipinski definition) is 1. The van der Waals surface area contributed by atoms with Gasteiger partial charge in [0.05, 0.1) is 5.69 Å². The number of thiophene rings is 1. The highest BCUT2D eigenvalue weighted by atomic mass is 32.1. The van der Waals surface area contributed by atoms with Gasteiger partial charge in [0.25, 0.3) is 0 Å². The Kier molecular flexibility index (Phi) is 3.64. The lowest BCUT2D eigenvalue weighted by molar-refractivity contribution is 0.464. The third-order valence-corrected chi connectivity index (χ3v) is 5.87. The van der Waals surface area contributed by atoms with Crippen molar-refractivity contribution in [2.45, 2.75) is 25.7 Å². The summed E-state index contributed by atoms with van der Waals surface area (Å²) < 4.78 is 0. The van der Waals surface area contributed by atoms with E-state index in [4.69, 9.17) is 0 Å². The molecular weight excluding hydrogens is 290 g/mol. The molecule has 4 heteroatoms. The van der Waals surface area contributed by atoms with Crippen LogP contribution in [-0.2, 0) is 0 Å². The van der Waals surface area contributed by atoms with E-state index in [1.165, 1.54) is 28.7 Å². The Morgan fingerprint density at radius 2 is 1.86 bits per heavy atom. The SMILES string of the molecule is Cc1c(C2CCNCC2)sc2nnc(-c3ccccc3)cc12. The van der Waals surface area contributed by atoms with E-state index < -0.39 is 0 Å². The molecule has 3 aromatic rings. The van der Waals surface area contributed by atoms with Crippen molar-refractivity contribution in [1.82, 2.24) is 15.5 Å². The summed E-state index contributed by atoms with van der Waals surface area (Å²) in [6.07, 6.45) is 2.46. The number of aromatic nitrogens is 2. The Morgan fingerprint density at radius 3 is 2.64 bits per heavy atom. The van der Waals surface area contributed by atoms with Crippen LogP contribution < -0.4 is 5.32 Å². The zero-order valence-electron chi connectivity index (χ0n) is 12.7. The van der Waals surface area contributed by atoms with E-state index in [2.05, 4.69) is 40.6 Å². The standard InChI is InChI=1S/C18H19N3S/c1-12-15-11-16(13-5-3-2-4-6-13)20-21-18(15)22-17(12)14-7-9-19-10-8-14/h2-6,11,14,19H,7-10H2,1H3. The van der Waals surface area contributed by atoms with Crippen LogP contribution in [0, 0.1) is 6.92 Å². The van der Waals surface area contributed by atoms with E-state index in [-0.39, 0.29) is 0 Å². The molecule has 0 radical (unpaired) electrons. The van der Waals surface area contributed by atoms with Gasteiger partial charge in [0.1, 0.15) is 4.83 Å². The van der Waals surface area contributed by atoms with Gasteiger partial charge in [-0.05, 0) is 50.4 Å². The molecule has 0 bridgehead atoms. The van der Waals surface area contributed by atoms with Gasteiger partial charge in [0, 0.05) is 15.8 Å². The lowest BCUT2D eigenvalue weighted by Gasteiger charge is -2.22. The Hall–Kier alpha value is -1.78. The lowest BCUT2D eigenvalue weighted by Crippen LogP contribution is -2.26. The van der Waals surface area contributed by atoms with E-state index in [0.717, 1.165) is 29.2 Å². The maximum atomic E-state index is 4.49. The predicted molar refractivity (Wildman–Crippen MR) is 92.4 cm³/mol. The van der Waals surface area contributed by atoms with Crippen molar-refractivity contribution in [1.29, 1.82) is 0 Å². The first kappa shape index (κ1) is 13.9. The van der Waals surface area contributed by atoms with Crippen molar-refractivity contribution in [3.05, 3.63) is 46.8 Å². The molecule has 3 nitrogen and oxygen atoms in total. The number of hydrogen-bond acceptors (Lipinski definition) is 4. The molecule has 0 atom stereocenters. The Balaban J connectivity index is 1.78. The second kappa shape index (κ2) is 5.78. The molecule has 0 aliphatic carbocycles. The first-order valence-electron chi connectivity index (χ1n) is 7.86. The average molecular weight is 309 g/mol. The molecule has 0 saturated carbocycles. The molecule has 1 aromatic carbocycles. The number of rotatable bonds is 2. The quantitative estimate of drug-likeness (QED) is 0.773. The maximum absolute atomic E-state index is 4.49. The van der Waals surface area contributed by atoms with Crippen molar-refractivity contribution < 1.29 is 0 Å². The average Bonchev–Trinajstić information content (AvgIpc) is 2.93. The predicted octanol–water partition coefficient (Wildman–Crippen LogP) is 4.13. The lowest BCUT2D eigenvalue weighted by atomic mass is 9.93. The fourth-order valence-corrected chi connectivity index (χ4v) is 4.54. The largest absolute Gasteiger partial charge is 0.317 e. The minimum Gasteiger partial charge on any atom is -0.317 e. The second-order valence-corrected chi connectivity index (χ2v) is 6.96. The Bertz CT molecular complexity index is 789. The van der Waals surface area contributed by atoms with Gasteiger partial charge in [-0.15, -0.1) is 21.5 Å². The zero-order chi connectivity index (χ0) is 14.9. The molecule has 22 heavy (non-hydrogen) atoms. The first-order valence-corrected chi connectivity index (χ1v) is 8.67. The maximum Gasteiger partial charge on any atom is 0.146 e. The molecule has 112 valence electrons. The molecular formula is C18H19N3S. The second-order valence-electron chi connectivity index (χ2n) is 5.93. The van der Waals surface area contributed by atoms with E-state index in [1.807, 2.05) is 29.5 Å². The normalized spacial score (nSPS) is 16.2. The summed E-state index contributed by atoms with van der Waals surface area (Å²) in [5.74, 6) is 0.681. The van der Waals surface area contributed by atoms with Crippen molar-refractivity contribution >= 4 is 21.6 Å². The summed E-state index contributed by atoms with van der Waals surface area (Å²) in [5.41, 5.74) is 3.50. The summed E-state index contributed by atoms with van der Waals surface area (Å²) in [6.45, 7) is 4.49. The summed E-state index contributed by atoms with van der Waals surface area (Å²) in [7, 11) is 0. The van der Waals surface area contributed by atoms with Crippen LogP contribution in [0.5, 0.6) is 0 Å². The third kappa shape index (κ3) is 2.42. The summed E-state index contributed by atoms with van der Waals surface area (Å²) >= 11 is 1.83. The molecule has 4 rings (SSSR count). The van der Waals surface area contributed by atoms with Crippen LogP contribution in [0.25, 0.3) is 21.5 Å². The van der Waals surface area contributed by atoms with Crippen molar-refractivity contribution in [3.8, 4) is 11.3 Å². The van der Waals surface area contributed by atoms with Gasteiger partial charge in [-0.25, -0.2) is 0 Å². The highest BCUT2D eigenvalue weighted by Crippen LogP contribution is 2.38. The number of benzene rings is 1. The van der Waals surface area contributed by atoms with Crippen molar-refractivity contribution in [2.24, 2.45) is 0 Å². The fraction of sp³-hybridized carbons (Fsp3) is 0.333. The van der Waals surface area contributed by atoms with Gasteiger partial charge in [-0.3, -0.25) is 0 Å². The molecule has 1 aliphatic heterocycles. The number of fused-ring (bicyclic) bond motifs is 1. The van der Waals surface area contributed by atoms with Crippen LogP contribution in [-0.4, -0.2) is 23.3 Å². The summed E-state index contributed by atoms with van der Waals surface area (Å²) in [6, 6.07) is 12.5. The first-order chi connectivity index (χ1) is 10.8. The topological polar surface area (TPSA) is 37.8 Å². The molecule has 0 amide bonds. The molecule has 1 aliphatic rings. The zero-order valence-corrected chi connectivity index (χ0v) is 13.5. The molecule has 1 saturated heterocycles. The highest BCUT2D eigenvalue weighted by molar-refractivity contribution is 7.18. The third-order valence-electron chi connectivity index (χ3n) is 4.52. The van der Waals surface area contributed by atoms with Gasteiger partial charge in [0.15, 0.2) is 0 Å². The van der Waals surface area contributed by atoms with Crippen LogP contribution in [0.4, 0.5) is 0 Å². The van der Waals surface area contributed by atoms with Gasteiger partial charge >= 0.3 is 0 Å². The Morgan fingerprint density at radius 1 is 1.09 bits per heavy atom. The Labute approximate surface area is 134 Å². The van der Waals surface area contributed by atoms with Crippen LogP contribution >= 0.6 is 11.3 Å². The van der Waals surface area contributed by atoms with Gasteiger partial charge in [-0.1, -0.05) is 30.3 Å². The molecule has 1 fully saturated rings. The minimum atomic E-state index is 0.681. The minimum absolute atomic E-state index is 0.681. The molecule has 0 spiro atoms. The van der Waals surface area contributed by atoms with Crippen molar-refractivity contribution in [2.75, 3.05) is 13.1 Å². The van der Waals surface area contributed by atoms with E-state index in [9.17, 15) is 0 Å². The fourth-order valence-electron chi connectivity index (χ4n) is 3.26. The van der Waals surface area contributed by atoms with Crippen LogP contribution in [0.2, 0.25) is 0 Å². The summed E-state index contributed by atoms with van der Waals surface area (Å²) in [4.78, 5) is 2.58. The van der Waals surface area contributed by atoms with Crippen LogP contribution in [0.3, 0.4) is 0 Å². The number of nitrogens with zero attached hydrogens (tertiary/aromatic N) is 2. The van der Waals surface area contributed by atoms with E-state index in [0.29, 0.717) is 5.92 Å². The monoisotopic (exact) mass is 309 g/mol. The van der Waals surface area contributed by atoms with E-state index >= 15 is 0 Å². The molecule has 0 unspecified atom stereocenters. The van der Waals surface area contributed by atoms with Crippen molar-refractivity contribution in [3.63, 3.8) is 0 Å². The smallest absolute Gasteiger partial charge is 0.146 e.